The molecule has 0 aromatic heterocycles. The lowest BCUT2D eigenvalue weighted by atomic mass is 10.1. The van der Waals surface area contributed by atoms with Crippen LogP contribution >= 0.6 is 0 Å². The second-order valence-corrected chi connectivity index (χ2v) is 4.03. The zero-order chi connectivity index (χ0) is 12.8. The molecular formula is C12H18N3O2+. The van der Waals surface area contributed by atoms with Crippen LogP contribution in [0.2, 0.25) is 0 Å². The lowest BCUT2D eigenvalue weighted by Gasteiger charge is -2.15. The number of carbonyl (C=O) groups is 2. The molecule has 92 valence electrons. The Kier molecular flexibility index (Phi) is 4.66. The molecule has 0 saturated carbocycles. The number of benzene rings is 1. The molecule has 3 amide bonds. The van der Waals surface area contributed by atoms with Gasteiger partial charge in [-0.05, 0) is 13.8 Å². The normalized spacial score (nSPS) is 13.8. The molecule has 2 atom stereocenters. The van der Waals surface area contributed by atoms with E-state index in [-0.39, 0.29) is 18.0 Å². The summed E-state index contributed by atoms with van der Waals surface area (Å²) in [5.41, 5.74) is 6.02. The zero-order valence-corrected chi connectivity index (χ0v) is 10.0. The number of amides is 3. The monoisotopic (exact) mass is 236 g/mol. The molecule has 1 rings (SSSR count). The van der Waals surface area contributed by atoms with Gasteiger partial charge in [-0.25, -0.2) is 4.79 Å². The van der Waals surface area contributed by atoms with Crippen LogP contribution in [-0.4, -0.2) is 18.0 Å². The van der Waals surface area contributed by atoms with E-state index in [2.05, 4.69) is 5.32 Å². The number of imide groups is 1. The number of primary amides is 1. The van der Waals surface area contributed by atoms with E-state index in [1.165, 1.54) is 0 Å². The van der Waals surface area contributed by atoms with E-state index >= 15 is 0 Å². The molecule has 0 aliphatic heterocycles. The third-order valence-corrected chi connectivity index (χ3v) is 2.56. The number of hydrogen-bond acceptors (Lipinski definition) is 2. The minimum absolute atomic E-state index is 0.143. The molecular weight excluding hydrogens is 218 g/mol. The van der Waals surface area contributed by atoms with Crippen molar-refractivity contribution in [2.24, 2.45) is 5.73 Å². The van der Waals surface area contributed by atoms with Crippen LogP contribution in [0.5, 0.6) is 0 Å². The van der Waals surface area contributed by atoms with Crippen LogP contribution in [0.25, 0.3) is 0 Å². The summed E-state index contributed by atoms with van der Waals surface area (Å²) in [7, 11) is 0. The summed E-state index contributed by atoms with van der Waals surface area (Å²) in [5, 5.41) is 3.95. The minimum Gasteiger partial charge on any atom is -0.351 e. The number of carbonyl (C=O) groups excluding carboxylic acids is 2. The Hall–Kier alpha value is -1.88. The van der Waals surface area contributed by atoms with Gasteiger partial charge in [-0.15, -0.1) is 0 Å². The van der Waals surface area contributed by atoms with Gasteiger partial charge in [0.2, 0.25) is 0 Å². The average molecular weight is 236 g/mol. The molecule has 0 saturated heterocycles. The maximum absolute atomic E-state index is 11.5. The highest BCUT2D eigenvalue weighted by atomic mass is 16.2. The SMILES string of the molecule is C[C@H]([NH2+][C@H](C)C(=O)NC(N)=O)c1ccccc1. The largest absolute Gasteiger partial charge is 0.351 e. The van der Waals surface area contributed by atoms with Crippen LogP contribution in [0, 0.1) is 0 Å². The molecule has 0 bridgehead atoms. The third kappa shape index (κ3) is 4.24. The summed E-state index contributed by atoms with van der Waals surface area (Å²) in [5.74, 6) is -0.375. The lowest BCUT2D eigenvalue weighted by Crippen LogP contribution is -2.92. The van der Waals surface area contributed by atoms with Gasteiger partial charge in [0.25, 0.3) is 5.91 Å². The zero-order valence-electron chi connectivity index (χ0n) is 10.0. The molecule has 5 nitrogen and oxygen atoms in total. The van der Waals surface area contributed by atoms with Crippen molar-refractivity contribution in [3.8, 4) is 0 Å². The molecule has 17 heavy (non-hydrogen) atoms. The van der Waals surface area contributed by atoms with E-state index in [9.17, 15) is 9.59 Å². The van der Waals surface area contributed by atoms with Gasteiger partial charge >= 0.3 is 6.03 Å². The molecule has 5 heteroatoms. The van der Waals surface area contributed by atoms with Gasteiger partial charge in [0, 0.05) is 5.56 Å². The molecule has 0 fully saturated rings. The second kappa shape index (κ2) is 6.00. The topological polar surface area (TPSA) is 88.8 Å². The minimum atomic E-state index is -0.817. The Balaban J connectivity index is 2.54. The standard InChI is InChI=1S/C12H17N3O2/c1-8(10-6-4-3-5-7-10)14-9(2)11(16)15-12(13)17/h3-9,14H,1-2H3,(H3,13,15,16,17)/p+1/t8-,9+/m0/s1. The maximum Gasteiger partial charge on any atom is 0.319 e. The Labute approximate surface area is 100 Å². The first kappa shape index (κ1) is 13.2. The Morgan fingerprint density at radius 3 is 2.35 bits per heavy atom. The van der Waals surface area contributed by atoms with Crippen molar-refractivity contribution < 1.29 is 14.9 Å². The highest BCUT2D eigenvalue weighted by Gasteiger charge is 2.20. The summed E-state index contributed by atoms with van der Waals surface area (Å²) in [6.45, 7) is 3.74. The summed E-state index contributed by atoms with van der Waals surface area (Å²) in [4.78, 5) is 22.0. The van der Waals surface area contributed by atoms with Crippen molar-refractivity contribution in [1.29, 1.82) is 0 Å². The van der Waals surface area contributed by atoms with Crippen LogP contribution < -0.4 is 16.4 Å². The molecule has 1 aromatic carbocycles. The molecule has 0 aliphatic rings. The van der Waals surface area contributed by atoms with Crippen molar-refractivity contribution in [3.63, 3.8) is 0 Å². The fraction of sp³-hybridized carbons (Fsp3) is 0.333. The van der Waals surface area contributed by atoms with E-state index in [1.807, 2.05) is 42.6 Å². The van der Waals surface area contributed by atoms with Crippen molar-refractivity contribution >= 4 is 11.9 Å². The number of hydrogen-bond donors (Lipinski definition) is 3. The van der Waals surface area contributed by atoms with Crippen molar-refractivity contribution in [2.75, 3.05) is 0 Å². The molecule has 0 radical (unpaired) electrons. The second-order valence-electron chi connectivity index (χ2n) is 4.03. The van der Waals surface area contributed by atoms with Gasteiger partial charge in [-0.3, -0.25) is 10.1 Å². The Morgan fingerprint density at radius 1 is 1.24 bits per heavy atom. The maximum atomic E-state index is 11.5. The molecule has 0 heterocycles. The quantitative estimate of drug-likeness (QED) is 0.681. The van der Waals surface area contributed by atoms with E-state index in [0.29, 0.717) is 0 Å². The van der Waals surface area contributed by atoms with Crippen LogP contribution in [0.3, 0.4) is 0 Å². The predicted octanol–water partition coefficient (Wildman–Crippen LogP) is -0.106. The van der Waals surface area contributed by atoms with E-state index < -0.39 is 6.03 Å². The van der Waals surface area contributed by atoms with E-state index in [0.717, 1.165) is 5.56 Å². The van der Waals surface area contributed by atoms with Gasteiger partial charge in [-0.2, -0.15) is 0 Å². The number of nitrogens with two attached hydrogens (primary N) is 2. The highest BCUT2D eigenvalue weighted by Crippen LogP contribution is 2.06. The van der Waals surface area contributed by atoms with Crippen LogP contribution in [0.1, 0.15) is 25.5 Å². The average Bonchev–Trinajstić information content (AvgIpc) is 2.29. The smallest absolute Gasteiger partial charge is 0.319 e. The summed E-state index contributed by atoms with van der Waals surface area (Å²) in [6, 6.07) is 8.81. The molecule has 0 aliphatic carbocycles. The molecule has 1 aromatic rings. The van der Waals surface area contributed by atoms with Gasteiger partial charge in [0.1, 0.15) is 6.04 Å². The van der Waals surface area contributed by atoms with Crippen molar-refractivity contribution in [1.82, 2.24) is 5.32 Å². The third-order valence-electron chi connectivity index (χ3n) is 2.56. The number of nitrogens with one attached hydrogen (secondary N) is 1. The summed E-state index contributed by atoms with van der Waals surface area (Å²) >= 11 is 0. The van der Waals surface area contributed by atoms with E-state index in [1.54, 1.807) is 6.92 Å². The van der Waals surface area contributed by atoms with Crippen LogP contribution in [-0.2, 0) is 4.79 Å². The Morgan fingerprint density at radius 2 is 1.82 bits per heavy atom. The number of quaternary nitrogens is 1. The highest BCUT2D eigenvalue weighted by molar-refractivity contribution is 5.95. The first-order valence-corrected chi connectivity index (χ1v) is 5.51. The fourth-order valence-corrected chi connectivity index (χ4v) is 1.62. The first-order chi connectivity index (χ1) is 8.00. The van der Waals surface area contributed by atoms with Gasteiger partial charge in [0.05, 0.1) is 0 Å². The predicted molar refractivity (Wildman–Crippen MR) is 64.0 cm³/mol. The van der Waals surface area contributed by atoms with Crippen molar-refractivity contribution in [3.05, 3.63) is 35.9 Å². The first-order valence-electron chi connectivity index (χ1n) is 5.51. The molecule has 5 N–H and O–H groups in total. The van der Waals surface area contributed by atoms with Gasteiger partial charge in [-0.1, -0.05) is 30.3 Å². The van der Waals surface area contributed by atoms with Gasteiger partial charge < -0.3 is 11.1 Å². The number of rotatable bonds is 4. The van der Waals surface area contributed by atoms with Crippen molar-refractivity contribution in [2.45, 2.75) is 25.9 Å². The number of urea groups is 1. The van der Waals surface area contributed by atoms with Gasteiger partial charge in [0.15, 0.2) is 6.04 Å². The van der Waals surface area contributed by atoms with Crippen LogP contribution in [0.4, 0.5) is 4.79 Å². The lowest BCUT2D eigenvalue weighted by molar-refractivity contribution is -0.710. The summed E-state index contributed by atoms with van der Waals surface area (Å²) in [6.07, 6.45) is 0. The fourth-order valence-electron chi connectivity index (χ4n) is 1.62. The summed E-state index contributed by atoms with van der Waals surface area (Å²) < 4.78 is 0. The van der Waals surface area contributed by atoms with Crippen LogP contribution in [0.15, 0.2) is 30.3 Å². The van der Waals surface area contributed by atoms with E-state index in [4.69, 9.17) is 5.73 Å². The molecule has 0 spiro atoms. The molecule has 0 unspecified atom stereocenters. The Bertz CT molecular complexity index is 392.